The summed E-state index contributed by atoms with van der Waals surface area (Å²) in [6.45, 7) is 0.271. The summed E-state index contributed by atoms with van der Waals surface area (Å²) in [6.07, 6.45) is 0. The fraction of sp³-hybridized carbons (Fsp3) is 0.133. The molecule has 1 atom stereocenters. The van der Waals surface area contributed by atoms with E-state index in [1.54, 1.807) is 24.3 Å². The lowest BCUT2D eigenvalue weighted by Gasteiger charge is -2.29. The second kappa shape index (κ2) is 5.58. The number of anilines is 1. The molecule has 0 aliphatic carbocycles. The van der Waals surface area contributed by atoms with Crippen molar-refractivity contribution in [3.8, 4) is 0 Å². The molecule has 0 fully saturated rings. The number of halogens is 2. The van der Waals surface area contributed by atoms with Crippen LogP contribution in [0, 0.1) is 5.82 Å². The first-order chi connectivity index (χ1) is 10.1. The van der Waals surface area contributed by atoms with Gasteiger partial charge in [-0.2, -0.15) is 0 Å². The number of para-hydroxylation sites is 1. The zero-order valence-electron chi connectivity index (χ0n) is 10.9. The quantitative estimate of drug-likeness (QED) is 0.808. The number of fused-ring (bicyclic) bond motifs is 1. The zero-order chi connectivity index (χ0) is 15.0. The molecule has 1 heterocycles. The molecule has 3 rings (SSSR count). The van der Waals surface area contributed by atoms with Gasteiger partial charge in [-0.25, -0.2) is 4.39 Å². The van der Waals surface area contributed by atoms with Gasteiger partial charge in [0.25, 0.3) is 5.91 Å². The minimum Gasteiger partial charge on any atom is -0.306 e. The first-order valence-electron chi connectivity index (χ1n) is 6.33. The fourth-order valence-electron chi connectivity index (χ4n) is 2.33. The maximum Gasteiger partial charge on any atom is 0.262 e. The van der Waals surface area contributed by atoms with Gasteiger partial charge in [0.05, 0.1) is 32.0 Å². The number of hydrogen-bond acceptors (Lipinski definition) is 2. The van der Waals surface area contributed by atoms with Crippen LogP contribution in [0.1, 0.15) is 10.4 Å². The topological polar surface area (TPSA) is 37.4 Å². The first kappa shape index (κ1) is 14.2. The summed E-state index contributed by atoms with van der Waals surface area (Å²) in [6, 6.07) is 11.1. The molecule has 0 aromatic heterocycles. The van der Waals surface area contributed by atoms with Crippen LogP contribution in [0.5, 0.6) is 0 Å². The molecule has 0 radical (unpaired) electrons. The third kappa shape index (κ3) is 2.47. The van der Waals surface area contributed by atoms with Crippen LogP contribution in [0.4, 0.5) is 10.1 Å². The Morgan fingerprint density at radius 2 is 1.95 bits per heavy atom. The Balaban J connectivity index is 2.08. The highest BCUT2D eigenvalue weighted by Crippen LogP contribution is 2.31. The Morgan fingerprint density at radius 3 is 2.71 bits per heavy atom. The molecule has 3 nitrogen and oxygen atoms in total. The molecule has 2 aromatic carbocycles. The van der Waals surface area contributed by atoms with Gasteiger partial charge in [0, 0.05) is 12.3 Å². The van der Waals surface area contributed by atoms with Gasteiger partial charge in [-0.3, -0.25) is 9.00 Å². The minimum atomic E-state index is -1.14. The smallest absolute Gasteiger partial charge is 0.262 e. The van der Waals surface area contributed by atoms with Crippen molar-refractivity contribution in [1.82, 2.24) is 0 Å². The summed E-state index contributed by atoms with van der Waals surface area (Å²) >= 11 is 5.95. The molecular weight excluding hydrogens is 313 g/mol. The number of carbonyl (C=O) groups excluding carboxylic acids is 1. The van der Waals surface area contributed by atoms with Crippen molar-refractivity contribution >= 4 is 34.0 Å². The molecule has 1 amide bonds. The largest absolute Gasteiger partial charge is 0.306 e. The number of hydrogen-bond donors (Lipinski definition) is 0. The van der Waals surface area contributed by atoms with Gasteiger partial charge in [0.15, 0.2) is 0 Å². The lowest BCUT2D eigenvalue weighted by Crippen LogP contribution is -2.38. The van der Waals surface area contributed by atoms with E-state index in [0.717, 1.165) is 0 Å². The molecule has 1 aliphatic rings. The Hall–Kier alpha value is -1.72. The van der Waals surface area contributed by atoms with Gasteiger partial charge < -0.3 is 4.90 Å². The SMILES string of the molecule is O=C(c1c(F)cccc1Cl)N1CCS(=O)c2ccccc21. The van der Waals surface area contributed by atoms with E-state index < -0.39 is 22.5 Å². The fourth-order valence-corrected chi connectivity index (χ4v) is 3.78. The molecule has 1 unspecified atom stereocenters. The average molecular weight is 324 g/mol. The van der Waals surface area contributed by atoms with Crippen LogP contribution >= 0.6 is 11.6 Å². The molecular formula is C15H11ClFNO2S. The molecule has 0 N–H and O–H groups in total. The van der Waals surface area contributed by atoms with E-state index in [2.05, 4.69) is 0 Å². The van der Waals surface area contributed by atoms with Crippen molar-refractivity contribution in [2.75, 3.05) is 17.2 Å². The van der Waals surface area contributed by atoms with Crippen molar-refractivity contribution < 1.29 is 13.4 Å². The van der Waals surface area contributed by atoms with Crippen LogP contribution in [0.25, 0.3) is 0 Å². The van der Waals surface area contributed by atoms with Crippen LogP contribution in [0.15, 0.2) is 47.4 Å². The Bertz CT molecular complexity index is 730. The Labute approximate surface area is 128 Å². The van der Waals surface area contributed by atoms with Gasteiger partial charge in [0.2, 0.25) is 0 Å². The highest BCUT2D eigenvalue weighted by Gasteiger charge is 2.29. The van der Waals surface area contributed by atoms with E-state index in [1.807, 2.05) is 0 Å². The summed E-state index contributed by atoms with van der Waals surface area (Å²) in [5.74, 6) is -0.839. The van der Waals surface area contributed by atoms with Crippen LogP contribution in [-0.4, -0.2) is 22.4 Å². The van der Waals surface area contributed by atoms with Gasteiger partial charge in [0.1, 0.15) is 5.82 Å². The highest BCUT2D eigenvalue weighted by atomic mass is 35.5. The summed E-state index contributed by atoms with van der Waals surface area (Å²) in [7, 11) is -1.14. The Kier molecular flexibility index (Phi) is 3.78. The van der Waals surface area contributed by atoms with Crippen molar-refractivity contribution in [3.63, 3.8) is 0 Å². The number of amides is 1. The Morgan fingerprint density at radius 1 is 1.19 bits per heavy atom. The molecule has 1 aliphatic heterocycles. The molecule has 0 spiro atoms. The molecule has 0 saturated carbocycles. The van der Waals surface area contributed by atoms with Crippen molar-refractivity contribution in [3.05, 3.63) is 58.9 Å². The summed E-state index contributed by atoms with van der Waals surface area (Å²) in [4.78, 5) is 14.6. The first-order valence-corrected chi connectivity index (χ1v) is 8.02. The summed E-state index contributed by atoms with van der Waals surface area (Å²) in [5.41, 5.74) is 0.396. The van der Waals surface area contributed by atoms with E-state index in [-0.39, 0.29) is 17.1 Å². The molecule has 0 saturated heterocycles. The maximum atomic E-state index is 13.9. The number of nitrogens with zero attached hydrogens (tertiary/aromatic N) is 1. The van der Waals surface area contributed by atoms with E-state index >= 15 is 0 Å². The minimum absolute atomic E-state index is 0.0733. The normalized spacial score (nSPS) is 17.4. The summed E-state index contributed by atoms with van der Waals surface area (Å²) in [5, 5.41) is 0.0733. The predicted octanol–water partition coefficient (Wildman–Crippen LogP) is 3.25. The maximum absolute atomic E-state index is 13.9. The highest BCUT2D eigenvalue weighted by molar-refractivity contribution is 7.85. The number of benzene rings is 2. The monoisotopic (exact) mass is 323 g/mol. The van der Waals surface area contributed by atoms with Crippen LogP contribution in [0.2, 0.25) is 5.02 Å². The standard InChI is InChI=1S/C15H11ClFNO2S/c16-10-4-3-5-11(17)14(10)15(19)18-8-9-21(20)13-7-2-1-6-12(13)18/h1-7H,8-9H2. The number of carbonyl (C=O) groups is 1. The molecule has 2 aromatic rings. The second-order valence-electron chi connectivity index (χ2n) is 4.57. The molecule has 6 heteroatoms. The van der Waals surface area contributed by atoms with Crippen LogP contribution < -0.4 is 4.90 Å². The predicted molar refractivity (Wildman–Crippen MR) is 80.8 cm³/mol. The molecule has 21 heavy (non-hydrogen) atoms. The van der Waals surface area contributed by atoms with Crippen molar-refractivity contribution in [2.45, 2.75) is 4.90 Å². The second-order valence-corrected chi connectivity index (χ2v) is 6.52. The lowest BCUT2D eigenvalue weighted by atomic mass is 10.1. The van der Waals surface area contributed by atoms with Crippen molar-refractivity contribution in [2.24, 2.45) is 0 Å². The van der Waals surface area contributed by atoms with Gasteiger partial charge in [-0.1, -0.05) is 29.8 Å². The average Bonchev–Trinajstić information content (AvgIpc) is 2.47. The molecule has 0 bridgehead atoms. The lowest BCUT2D eigenvalue weighted by molar-refractivity contribution is 0.0984. The van der Waals surface area contributed by atoms with Crippen LogP contribution in [-0.2, 0) is 10.8 Å². The van der Waals surface area contributed by atoms with Gasteiger partial charge in [-0.15, -0.1) is 0 Å². The van der Waals surface area contributed by atoms with Gasteiger partial charge >= 0.3 is 0 Å². The van der Waals surface area contributed by atoms with Crippen molar-refractivity contribution in [1.29, 1.82) is 0 Å². The van der Waals surface area contributed by atoms with E-state index in [1.165, 1.54) is 23.1 Å². The third-order valence-electron chi connectivity index (χ3n) is 3.32. The van der Waals surface area contributed by atoms with E-state index in [0.29, 0.717) is 16.3 Å². The zero-order valence-corrected chi connectivity index (χ0v) is 12.5. The third-order valence-corrected chi connectivity index (χ3v) is 5.03. The van der Waals surface area contributed by atoms with Gasteiger partial charge in [-0.05, 0) is 24.3 Å². The van der Waals surface area contributed by atoms with Crippen LogP contribution in [0.3, 0.4) is 0 Å². The molecule has 108 valence electrons. The summed E-state index contributed by atoms with van der Waals surface area (Å²) < 4.78 is 25.9. The van der Waals surface area contributed by atoms with E-state index in [4.69, 9.17) is 11.6 Å². The number of rotatable bonds is 1. The van der Waals surface area contributed by atoms with E-state index in [9.17, 15) is 13.4 Å².